The average molecular weight is 226 g/mol. The number of nitrogens with two attached hydrogens (primary N) is 1. The molecule has 2 aromatic rings. The van der Waals surface area contributed by atoms with Crippen LogP contribution in [0, 0.1) is 0 Å². The van der Waals surface area contributed by atoms with Crippen molar-refractivity contribution in [3.8, 4) is 11.5 Å². The first-order valence-corrected chi connectivity index (χ1v) is 5.38. The second-order valence-corrected chi connectivity index (χ2v) is 3.67. The fourth-order valence-electron chi connectivity index (χ4n) is 1.44. The van der Waals surface area contributed by atoms with Crippen molar-refractivity contribution < 1.29 is 4.74 Å². The number of ether oxygens (including phenoxy) is 1. The third-order valence-corrected chi connectivity index (χ3v) is 2.10. The molecule has 0 spiro atoms. The number of rotatable bonds is 3. The van der Waals surface area contributed by atoms with Crippen LogP contribution >= 0.6 is 0 Å². The zero-order valence-corrected chi connectivity index (χ0v) is 9.63. The lowest BCUT2D eigenvalue weighted by Crippen LogP contribution is -2.03. The highest BCUT2D eigenvalue weighted by atomic mass is 16.5. The lowest BCUT2D eigenvalue weighted by molar-refractivity contribution is 0.483. The van der Waals surface area contributed by atoms with E-state index < -0.39 is 0 Å². The summed E-state index contributed by atoms with van der Waals surface area (Å²) in [7, 11) is 0. The smallest absolute Gasteiger partial charge is 0.129 e. The normalized spacial score (nSPS) is 11.2. The molecule has 0 atom stereocenters. The maximum Gasteiger partial charge on any atom is 0.129 e. The molecule has 3 heteroatoms. The number of aliphatic imine (C=N–C) groups is 1. The second-order valence-electron chi connectivity index (χ2n) is 3.67. The van der Waals surface area contributed by atoms with Crippen LogP contribution in [-0.2, 0) is 0 Å². The Kier molecular flexibility index (Phi) is 3.40. The quantitative estimate of drug-likeness (QED) is 0.643. The van der Waals surface area contributed by atoms with E-state index in [1.54, 1.807) is 6.92 Å². The number of nitrogens with zero attached hydrogens (tertiary/aromatic N) is 1. The van der Waals surface area contributed by atoms with Gasteiger partial charge in [0, 0.05) is 6.07 Å². The summed E-state index contributed by atoms with van der Waals surface area (Å²) in [5, 5.41) is 0. The average Bonchev–Trinajstić information content (AvgIpc) is 2.30. The van der Waals surface area contributed by atoms with Crippen LogP contribution in [0.15, 0.2) is 59.6 Å². The molecular weight excluding hydrogens is 212 g/mol. The molecule has 3 nitrogen and oxygen atoms in total. The van der Waals surface area contributed by atoms with Gasteiger partial charge in [0.05, 0.1) is 11.5 Å². The van der Waals surface area contributed by atoms with Crippen LogP contribution in [0.25, 0.3) is 0 Å². The summed E-state index contributed by atoms with van der Waals surface area (Å²) in [6.45, 7) is 1.75. The Labute approximate surface area is 101 Å². The molecule has 17 heavy (non-hydrogen) atoms. The maximum atomic E-state index is 5.69. The molecule has 0 aliphatic heterocycles. The Morgan fingerprint density at radius 3 is 2.41 bits per heavy atom. The van der Waals surface area contributed by atoms with Crippen molar-refractivity contribution in [3.05, 3.63) is 54.6 Å². The molecule has 0 heterocycles. The van der Waals surface area contributed by atoms with Crippen LogP contribution in [-0.4, -0.2) is 5.84 Å². The molecule has 2 N–H and O–H groups in total. The predicted molar refractivity (Wildman–Crippen MR) is 69.9 cm³/mol. The molecule has 2 rings (SSSR count). The van der Waals surface area contributed by atoms with Gasteiger partial charge in [-0.2, -0.15) is 0 Å². The predicted octanol–water partition coefficient (Wildman–Crippen LogP) is 3.49. The van der Waals surface area contributed by atoms with E-state index in [1.165, 1.54) is 0 Å². The Morgan fingerprint density at radius 1 is 1.00 bits per heavy atom. The van der Waals surface area contributed by atoms with Gasteiger partial charge >= 0.3 is 0 Å². The van der Waals surface area contributed by atoms with Crippen LogP contribution in [0.2, 0.25) is 0 Å². The van der Waals surface area contributed by atoms with Gasteiger partial charge in [0.2, 0.25) is 0 Å². The first-order chi connectivity index (χ1) is 8.24. The van der Waals surface area contributed by atoms with Crippen LogP contribution in [0.5, 0.6) is 11.5 Å². The summed E-state index contributed by atoms with van der Waals surface area (Å²) in [5.74, 6) is 2.08. The lowest BCUT2D eigenvalue weighted by atomic mass is 10.3. The molecule has 86 valence electrons. The highest BCUT2D eigenvalue weighted by Crippen LogP contribution is 2.25. The van der Waals surface area contributed by atoms with Gasteiger partial charge in [-0.15, -0.1) is 0 Å². The third kappa shape index (κ3) is 3.34. The van der Waals surface area contributed by atoms with Crippen molar-refractivity contribution in [2.24, 2.45) is 10.7 Å². The molecular formula is C14H14N2O. The van der Waals surface area contributed by atoms with E-state index in [4.69, 9.17) is 10.5 Å². The summed E-state index contributed by atoms with van der Waals surface area (Å²) in [4.78, 5) is 4.18. The Hall–Kier alpha value is -2.29. The van der Waals surface area contributed by atoms with Gasteiger partial charge in [-0.3, -0.25) is 0 Å². The van der Waals surface area contributed by atoms with Crippen LogP contribution in [0.4, 0.5) is 5.69 Å². The van der Waals surface area contributed by atoms with Gasteiger partial charge in [0.15, 0.2) is 0 Å². The molecule has 0 saturated heterocycles. The van der Waals surface area contributed by atoms with E-state index in [1.807, 2.05) is 54.6 Å². The zero-order valence-electron chi connectivity index (χ0n) is 9.63. The van der Waals surface area contributed by atoms with E-state index in [0.29, 0.717) is 5.84 Å². The molecule has 0 amide bonds. The minimum atomic E-state index is 0.530. The van der Waals surface area contributed by atoms with Crippen molar-refractivity contribution in [1.82, 2.24) is 0 Å². The molecule has 0 bridgehead atoms. The summed E-state index contributed by atoms with van der Waals surface area (Å²) in [6, 6.07) is 17.1. The van der Waals surface area contributed by atoms with Crippen molar-refractivity contribution in [1.29, 1.82) is 0 Å². The van der Waals surface area contributed by atoms with Crippen molar-refractivity contribution >= 4 is 11.5 Å². The largest absolute Gasteiger partial charge is 0.457 e. The Bertz CT molecular complexity index is 517. The lowest BCUT2D eigenvalue weighted by Gasteiger charge is -2.05. The zero-order chi connectivity index (χ0) is 12.1. The van der Waals surface area contributed by atoms with Crippen molar-refractivity contribution in [2.75, 3.05) is 0 Å². The van der Waals surface area contributed by atoms with Crippen LogP contribution in [0.3, 0.4) is 0 Å². The molecule has 0 aliphatic rings. The first-order valence-electron chi connectivity index (χ1n) is 5.38. The fraction of sp³-hybridized carbons (Fsp3) is 0.0714. The minimum Gasteiger partial charge on any atom is -0.457 e. The van der Waals surface area contributed by atoms with E-state index in [0.717, 1.165) is 17.2 Å². The standard InChI is InChI=1S/C14H14N2O/c1-11(15)16-12-6-5-9-14(10-12)17-13-7-3-2-4-8-13/h2-10H,1H3,(H2,15,16). The molecule has 0 radical (unpaired) electrons. The molecule has 0 saturated carbocycles. The monoisotopic (exact) mass is 226 g/mol. The highest BCUT2D eigenvalue weighted by Gasteiger charge is 1.97. The van der Waals surface area contributed by atoms with Gasteiger partial charge < -0.3 is 10.5 Å². The Balaban J connectivity index is 2.20. The number of hydrogen-bond donors (Lipinski definition) is 1. The number of benzene rings is 2. The molecule has 2 aromatic carbocycles. The number of hydrogen-bond acceptors (Lipinski definition) is 2. The summed E-state index contributed by atoms with van der Waals surface area (Å²) >= 11 is 0. The Morgan fingerprint density at radius 2 is 1.71 bits per heavy atom. The fourth-order valence-corrected chi connectivity index (χ4v) is 1.44. The van der Waals surface area contributed by atoms with Crippen molar-refractivity contribution in [3.63, 3.8) is 0 Å². The van der Waals surface area contributed by atoms with Gasteiger partial charge in [0.25, 0.3) is 0 Å². The minimum absolute atomic E-state index is 0.530. The first kappa shape index (κ1) is 11.2. The maximum absolute atomic E-state index is 5.69. The summed E-state index contributed by atoms with van der Waals surface area (Å²) < 4.78 is 5.69. The molecule has 0 fully saturated rings. The van der Waals surface area contributed by atoms with Gasteiger partial charge in [-0.1, -0.05) is 24.3 Å². The van der Waals surface area contributed by atoms with Crippen LogP contribution in [0.1, 0.15) is 6.92 Å². The van der Waals surface area contributed by atoms with E-state index >= 15 is 0 Å². The van der Waals surface area contributed by atoms with Gasteiger partial charge in [-0.25, -0.2) is 4.99 Å². The second kappa shape index (κ2) is 5.16. The topological polar surface area (TPSA) is 47.6 Å². The SMILES string of the molecule is CC(N)=Nc1cccc(Oc2ccccc2)c1. The molecule has 0 aromatic heterocycles. The van der Waals surface area contributed by atoms with E-state index in [9.17, 15) is 0 Å². The van der Waals surface area contributed by atoms with Gasteiger partial charge in [0.1, 0.15) is 11.5 Å². The molecule has 0 aliphatic carbocycles. The van der Waals surface area contributed by atoms with E-state index in [2.05, 4.69) is 4.99 Å². The van der Waals surface area contributed by atoms with Crippen molar-refractivity contribution in [2.45, 2.75) is 6.92 Å². The summed E-state index contributed by atoms with van der Waals surface area (Å²) in [6.07, 6.45) is 0. The highest BCUT2D eigenvalue weighted by molar-refractivity contribution is 5.80. The summed E-state index contributed by atoms with van der Waals surface area (Å²) in [5.41, 5.74) is 6.33. The van der Waals surface area contributed by atoms with Gasteiger partial charge in [-0.05, 0) is 31.2 Å². The number of para-hydroxylation sites is 1. The van der Waals surface area contributed by atoms with E-state index in [-0.39, 0.29) is 0 Å². The van der Waals surface area contributed by atoms with Crippen LogP contribution < -0.4 is 10.5 Å². The third-order valence-electron chi connectivity index (χ3n) is 2.10. The number of amidine groups is 1. The molecule has 0 unspecified atom stereocenters.